The molecular weight excluding hydrogens is 428 g/mol. The van der Waals surface area contributed by atoms with Crippen molar-refractivity contribution in [3.05, 3.63) is 53.5 Å². The van der Waals surface area contributed by atoms with E-state index < -0.39 is 0 Å². The molecule has 0 radical (unpaired) electrons. The molecule has 3 heteroatoms. The SMILES string of the molecule is Cc1ncc2cc(C3=CC[C@H]4[C@@H]5CC=C6C[C@@H](OC(C)(C)C)CC[C@]6(C)[C@H]5CC[C@]34C)ccc2n1. The van der Waals surface area contributed by atoms with Gasteiger partial charge >= 0.3 is 0 Å². The highest BCUT2D eigenvalue weighted by atomic mass is 16.5. The molecule has 6 rings (SSSR count). The van der Waals surface area contributed by atoms with Gasteiger partial charge < -0.3 is 4.74 Å². The molecule has 2 saturated carbocycles. The average molecular weight is 471 g/mol. The first kappa shape index (κ1) is 23.4. The molecule has 1 aromatic heterocycles. The zero-order valence-corrected chi connectivity index (χ0v) is 22.5. The minimum atomic E-state index is -0.0531. The van der Waals surface area contributed by atoms with Crippen LogP contribution in [-0.2, 0) is 4.74 Å². The highest BCUT2D eigenvalue weighted by Gasteiger charge is 2.57. The molecule has 2 aromatic rings. The van der Waals surface area contributed by atoms with E-state index in [1.165, 1.54) is 44.1 Å². The summed E-state index contributed by atoms with van der Waals surface area (Å²) in [6.07, 6.45) is 16.4. The summed E-state index contributed by atoms with van der Waals surface area (Å²) in [5, 5.41) is 1.15. The van der Waals surface area contributed by atoms with Crippen LogP contribution in [0.25, 0.3) is 16.5 Å². The largest absolute Gasteiger partial charge is 0.372 e. The Hall–Kier alpha value is -2.00. The Labute approximate surface area is 211 Å². The van der Waals surface area contributed by atoms with Crippen molar-refractivity contribution in [2.24, 2.45) is 28.6 Å². The summed E-state index contributed by atoms with van der Waals surface area (Å²) in [5.41, 5.74) is 6.30. The van der Waals surface area contributed by atoms with E-state index in [-0.39, 0.29) is 11.0 Å². The molecule has 0 aliphatic heterocycles. The van der Waals surface area contributed by atoms with Gasteiger partial charge in [0.05, 0.1) is 17.2 Å². The lowest BCUT2D eigenvalue weighted by molar-refractivity contribution is -0.0894. The quantitative estimate of drug-likeness (QED) is 0.416. The van der Waals surface area contributed by atoms with Crippen LogP contribution in [0.4, 0.5) is 0 Å². The summed E-state index contributed by atoms with van der Waals surface area (Å²) in [6.45, 7) is 13.7. The lowest BCUT2D eigenvalue weighted by Gasteiger charge is -2.58. The van der Waals surface area contributed by atoms with Gasteiger partial charge in [-0.3, -0.25) is 0 Å². The van der Waals surface area contributed by atoms with Crippen LogP contribution in [0, 0.1) is 35.5 Å². The molecule has 1 heterocycles. The number of aryl methyl sites for hydroxylation is 1. The first-order valence-corrected chi connectivity index (χ1v) is 13.9. The molecular formula is C32H42N2O. The Kier molecular flexibility index (Phi) is 5.35. The molecule has 6 atom stereocenters. The van der Waals surface area contributed by atoms with Crippen LogP contribution in [0.5, 0.6) is 0 Å². The van der Waals surface area contributed by atoms with Gasteiger partial charge in [0.1, 0.15) is 5.82 Å². The van der Waals surface area contributed by atoms with Crippen LogP contribution in [0.3, 0.4) is 0 Å². The maximum absolute atomic E-state index is 6.44. The van der Waals surface area contributed by atoms with Crippen molar-refractivity contribution in [1.82, 2.24) is 9.97 Å². The lowest BCUT2D eigenvalue weighted by Crippen LogP contribution is -2.50. The van der Waals surface area contributed by atoms with Crippen LogP contribution in [-0.4, -0.2) is 21.7 Å². The van der Waals surface area contributed by atoms with Gasteiger partial charge in [-0.2, -0.15) is 0 Å². The molecule has 4 aliphatic carbocycles. The van der Waals surface area contributed by atoms with Gasteiger partial charge in [-0.1, -0.05) is 37.6 Å². The highest BCUT2D eigenvalue weighted by molar-refractivity contribution is 5.84. The van der Waals surface area contributed by atoms with Crippen LogP contribution < -0.4 is 0 Å². The number of ether oxygens (including phenoxy) is 1. The van der Waals surface area contributed by atoms with Gasteiger partial charge in [0.2, 0.25) is 0 Å². The van der Waals surface area contributed by atoms with E-state index >= 15 is 0 Å². The van der Waals surface area contributed by atoms with Crippen molar-refractivity contribution in [3.63, 3.8) is 0 Å². The number of nitrogens with zero attached hydrogens (tertiary/aromatic N) is 2. The minimum Gasteiger partial charge on any atom is -0.372 e. The molecule has 2 fully saturated rings. The van der Waals surface area contributed by atoms with E-state index in [0.29, 0.717) is 11.5 Å². The smallest absolute Gasteiger partial charge is 0.125 e. The molecule has 3 nitrogen and oxygen atoms in total. The molecule has 4 aliphatic rings. The number of aromatic nitrogens is 2. The first-order valence-electron chi connectivity index (χ1n) is 13.9. The summed E-state index contributed by atoms with van der Waals surface area (Å²) >= 11 is 0. The number of hydrogen-bond donors (Lipinski definition) is 0. The number of fused-ring (bicyclic) bond motifs is 6. The summed E-state index contributed by atoms with van der Waals surface area (Å²) in [4.78, 5) is 9.07. The third-order valence-electron chi connectivity index (χ3n) is 10.2. The fourth-order valence-corrected chi connectivity index (χ4v) is 8.54. The van der Waals surface area contributed by atoms with Crippen molar-refractivity contribution < 1.29 is 4.74 Å². The van der Waals surface area contributed by atoms with Crippen LogP contribution in [0.2, 0.25) is 0 Å². The summed E-state index contributed by atoms with van der Waals surface area (Å²) in [7, 11) is 0. The molecule has 0 amide bonds. The molecule has 0 bridgehead atoms. The predicted molar refractivity (Wildman–Crippen MR) is 144 cm³/mol. The zero-order chi connectivity index (χ0) is 24.6. The second-order valence-corrected chi connectivity index (χ2v) is 13.4. The number of allylic oxidation sites excluding steroid dienone is 3. The summed E-state index contributed by atoms with van der Waals surface area (Å²) < 4.78 is 6.44. The Morgan fingerprint density at radius 1 is 0.971 bits per heavy atom. The second kappa shape index (κ2) is 8.00. The van der Waals surface area contributed by atoms with Crippen molar-refractivity contribution in [2.45, 2.75) is 98.2 Å². The van der Waals surface area contributed by atoms with E-state index in [9.17, 15) is 0 Å². The Balaban J connectivity index is 1.26. The van der Waals surface area contributed by atoms with E-state index in [0.717, 1.165) is 40.9 Å². The van der Waals surface area contributed by atoms with Gasteiger partial charge in [0, 0.05) is 11.6 Å². The first-order chi connectivity index (χ1) is 16.6. The fourth-order valence-electron chi connectivity index (χ4n) is 8.54. The maximum Gasteiger partial charge on any atom is 0.125 e. The van der Waals surface area contributed by atoms with Crippen molar-refractivity contribution >= 4 is 16.5 Å². The molecule has 35 heavy (non-hydrogen) atoms. The van der Waals surface area contributed by atoms with Crippen LogP contribution in [0.15, 0.2) is 42.1 Å². The zero-order valence-electron chi connectivity index (χ0n) is 22.5. The normalized spacial score (nSPS) is 36.7. The van der Waals surface area contributed by atoms with Crippen molar-refractivity contribution in [3.8, 4) is 0 Å². The van der Waals surface area contributed by atoms with E-state index in [2.05, 4.69) is 74.9 Å². The molecule has 0 N–H and O–H groups in total. The number of rotatable bonds is 2. The summed E-state index contributed by atoms with van der Waals surface area (Å²) in [5.74, 6) is 3.20. The molecule has 0 saturated heterocycles. The fraction of sp³-hybridized carbons (Fsp3) is 0.625. The number of benzene rings is 1. The van der Waals surface area contributed by atoms with E-state index in [1.807, 2.05) is 13.1 Å². The van der Waals surface area contributed by atoms with Crippen LogP contribution >= 0.6 is 0 Å². The van der Waals surface area contributed by atoms with Crippen LogP contribution in [0.1, 0.15) is 91.0 Å². The predicted octanol–water partition coefficient (Wildman–Crippen LogP) is 8.08. The van der Waals surface area contributed by atoms with Crippen molar-refractivity contribution in [2.75, 3.05) is 0 Å². The Morgan fingerprint density at radius 3 is 2.57 bits per heavy atom. The van der Waals surface area contributed by atoms with Gasteiger partial charge in [-0.25, -0.2) is 9.97 Å². The monoisotopic (exact) mass is 470 g/mol. The van der Waals surface area contributed by atoms with E-state index in [1.54, 1.807) is 11.1 Å². The standard InChI is InChI=1S/C32H42N2O/c1-20-33-19-22-17-21(7-12-29(22)34-20)26-10-11-27-25-9-8-23-18-24(35-30(2,3)4)13-15-31(23,5)28(25)14-16-32(26,27)6/h7-8,10,12,17,19,24-25,27-28H,9,11,13-16,18H2,1-6H3/t24-,25-,27-,28-,31-,32+/m0/s1. The number of hydrogen-bond acceptors (Lipinski definition) is 3. The Morgan fingerprint density at radius 2 is 1.77 bits per heavy atom. The van der Waals surface area contributed by atoms with Gasteiger partial charge in [-0.05, 0) is 124 Å². The Bertz CT molecular complexity index is 1220. The van der Waals surface area contributed by atoms with Crippen molar-refractivity contribution in [1.29, 1.82) is 0 Å². The molecule has 0 spiro atoms. The highest BCUT2D eigenvalue weighted by Crippen LogP contribution is 2.66. The lowest BCUT2D eigenvalue weighted by atomic mass is 9.47. The van der Waals surface area contributed by atoms with Gasteiger partial charge in [0.25, 0.3) is 0 Å². The average Bonchev–Trinajstić information content (AvgIpc) is 3.15. The van der Waals surface area contributed by atoms with E-state index in [4.69, 9.17) is 4.74 Å². The molecule has 0 unspecified atom stereocenters. The maximum atomic E-state index is 6.44. The molecule has 1 aromatic carbocycles. The minimum absolute atomic E-state index is 0.0531. The van der Waals surface area contributed by atoms with Gasteiger partial charge in [-0.15, -0.1) is 0 Å². The van der Waals surface area contributed by atoms with Gasteiger partial charge in [0.15, 0.2) is 0 Å². The third kappa shape index (κ3) is 3.80. The molecule has 186 valence electrons. The second-order valence-electron chi connectivity index (χ2n) is 13.4. The summed E-state index contributed by atoms with van der Waals surface area (Å²) in [6, 6.07) is 6.82. The topological polar surface area (TPSA) is 35.0 Å². The third-order valence-corrected chi connectivity index (χ3v) is 10.2.